The number of aromatic nitrogens is 1. The second-order valence-electron chi connectivity index (χ2n) is 4.93. The number of nitrogens with one attached hydrogen (secondary N) is 2. The van der Waals surface area contributed by atoms with E-state index in [9.17, 15) is 4.79 Å². The van der Waals surface area contributed by atoms with Crippen LogP contribution in [0.3, 0.4) is 0 Å². The second-order valence-corrected chi connectivity index (χ2v) is 4.93. The van der Waals surface area contributed by atoms with Crippen molar-refractivity contribution in [2.45, 2.75) is 25.3 Å². The molecular weight excluding hydrogens is 290 g/mol. The normalized spacial score (nSPS) is 17.8. The topological polar surface area (TPSA) is 67.2 Å². The lowest BCUT2D eigenvalue weighted by molar-refractivity contribution is -0.118. The number of carbonyl (C=O) groups is 1. The third-order valence-corrected chi connectivity index (χ3v) is 3.50. The molecule has 1 aromatic heterocycles. The first-order valence-electron chi connectivity index (χ1n) is 6.86. The van der Waals surface area contributed by atoms with Crippen molar-refractivity contribution < 1.29 is 9.21 Å². The minimum Gasteiger partial charge on any atom is -0.444 e. The molecule has 5 nitrogen and oxygen atoms in total. The average Bonchev–Trinajstić information content (AvgIpc) is 3.03. The van der Waals surface area contributed by atoms with Crippen molar-refractivity contribution in [3.05, 3.63) is 36.9 Å². The molecule has 0 spiro atoms. The number of anilines is 1. The first-order valence-corrected chi connectivity index (χ1v) is 6.86. The molecule has 0 radical (unpaired) electrons. The van der Waals surface area contributed by atoms with Crippen molar-refractivity contribution in [1.82, 2.24) is 10.3 Å². The highest BCUT2D eigenvalue weighted by atomic mass is 35.5. The zero-order valence-electron chi connectivity index (χ0n) is 11.5. The van der Waals surface area contributed by atoms with Gasteiger partial charge in [0.1, 0.15) is 0 Å². The maximum Gasteiger partial charge on any atom is 0.241 e. The molecule has 2 aromatic rings. The van der Waals surface area contributed by atoms with E-state index in [1.165, 1.54) is 6.39 Å². The maximum absolute atomic E-state index is 12.1. The summed E-state index contributed by atoms with van der Waals surface area (Å²) in [6.07, 6.45) is 6.23. The Morgan fingerprint density at radius 3 is 2.71 bits per heavy atom. The molecule has 112 valence electrons. The van der Waals surface area contributed by atoms with E-state index in [1.54, 1.807) is 6.20 Å². The molecule has 0 bridgehead atoms. The van der Waals surface area contributed by atoms with Crippen molar-refractivity contribution >= 4 is 24.0 Å². The summed E-state index contributed by atoms with van der Waals surface area (Å²) in [5, 5.41) is 6.17. The largest absolute Gasteiger partial charge is 0.444 e. The first kappa shape index (κ1) is 15.5. The number of rotatable bonds is 3. The fourth-order valence-electron chi connectivity index (χ4n) is 2.38. The van der Waals surface area contributed by atoms with Gasteiger partial charge in [-0.05, 0) is 43.7 Å². The van der Waals surface area contributed by atoms with Gasteiger partial charge >= 0.3 is 0 Å². The maximum atomic E-state index is 12.1. The van der Waals surface area contributed by atoms with Crippen LogP contribution in [-0.4, -0.2) is 23.5 Å². The molecular formula is C15H18ClN3O2. The molecule has 1 aliphatic heterocycles. The molecule has 0 aliphatic carbocycles. The molecule has 1 saturated heterocycles. The Kier molecular flexibility index (Phi) is 5.36. The Hall–Kier alpha value is -1.85. The Labute approximate surface area is 129 Å². The SMILES string of the molecule is Cl.O=C(Nc1ccc(-c2cnco2)cc1)[C@H]1CCCCN1. The number of amides is 1. The highest BCUT2D eigenvalue weighted by Gasteiger charge is 2.20. The summed E-state index contributed by atoms with van der Waals surface area (Å²) in [6, 6.07) is 7.49. The number of oxazole rings is 1. The molecule has 1 atom stereocenters. The summed E-state index contributed by atoms with van der Waals surface area (Å²) in [4.78, 5) is 16.0. The fraction of sp³-hybridized carbons (Fsp3) is 0.333. The molecule has 3 rings (SSSR count). The smallest absolute Gasteiger partial charge is 0.241 e. The minimum atomic E-state index is -0.0716. The highest BCUT2D eigenvalue weighted by molar-refractivity contribution is 5.95. The van der Waals surface area contributed by atoms with Crippen LogP contribution in [-0.2, 0) is 4.79 Å². The molecule has 6 heteroatoms. The third-order valence-electron chi connectivity index (χ3n) is 3.50. The molecule has 2 N–H and O–H groups in total. The van der Waals surface area contributed by atoms with E-state index in [2.05, 4.69) is 15.6 Å². The Morgan fingerprint density at radius 2 is 2.10 bits per heavy atom. The van der Waals surface area contributed by atoms with Gasteiger partial charge in [-0.15, -0.1) is 12.4 Å². The zero-order chi connectivity index (χ0) is 13.8. The molecule has 1 fully saturated rings. The molecule has 2 heterocycles. The zero-order valence-corrected chi connectivity index (χ0v) is 12.4. The van der Waals surface area contributed by atoms with E-state index in [-0.39, 0.29) is 24.4 Å². The summed E-state index contributed by atoms with van der Waals surface area (Å²) >= 11 is 0. The predicted octanol–water partition coefficient (Wildman–Crippen LogP) is 2.84. The number of piperidine rings is 1. The lowest BCUT2D eigenvalue weighted by atomic mass is 10.0. The van der Waals surface area contributed by atoms with Gasteiger partial charge in [0.05, 0.1) is 12.2 Å². The number of halogens is 1. The van der Waals surface area contributed by atoms with Crippen LogP contribution in [0.2, 0.25) is 0 Å². The van der Waals surface area contributed by atoms with Gasteiger partial charge in [0.15, 0.2) is 12.2 Å². The van der Waals surface area contributed by atoms with E-state index < -0.39 is 0 Å². The molecule has 21 heavy (non-hydrogen) atoms. The molecule has 0 saturated carbocycles. The standard InChI is InChI=1S/C15H17N3O2.ClH/c19-15(13-3-1-2-8-17-13)18-12-6-4-11(5-7-12)14-9-16-10-20-14;/h4-7,9-10,13,17H,1-3,8H2,(H,18,19);1H/t13-;/m1./s1. The van der Waals surface area contributed by atoms with E-state index >= 15 is 0 Å². The van der Waals surface area contributed by atoms with Crippen LogP contribution in [0.15, 0.2) is 41.3 Å². The monoisotopic (exact) mass is 307 g/mol. The van der Waals surface area contributed by atoms with Crippen LogP contribution in [0.4, 0.5) is 5.69 Å². The van der Waals surface area contributed by atoms with Crippen LogP contribution in [0.5, 0.6) is 0 Å². The van der Waals surface area contributed by atoms with Crippen LogP contribution >= 0.6 is 12.4 Å². The van der Waals surface area contributed by atoms with Crippen molar-refractivity contribution in [1.29, 1.82) is 0 Å². The van der Waals surface area contributed by atoms with Crippen molar-refractivity contribution in [3.8, 4) is 11.3 Å². The molecule has 1 aliphatic rings. The fourth-order valence-corrected chi connectivity index (χ4v) is 2.38. The Balaban J connectivity index is 0.00000161. The van der Waals surface area contributed by atoms with Gasteiger partial charge in [0.25, 0.3) is 0 Å². The van der Waals surface area contributed by atoms with Gasteiger partial charge in [-0.25, -0.2) is 4.98 Å². The number of carbonyl (C=O) groups excluding carboxylic acids is 1. The van der Waals surface area contributed by atoms with Gasteiger partial charge in [-0.2, -0.15) is 0 Å². The first-order chi connectivity index (χ1) is 9.83. The third kappa shape index (κ3) is 3.83. The van der Waals surface area contributed by atoms with Gasteiger partial charge in [0, 0.05) is 11.3 Å². The van der Waals surface area contributed by atoms with Gasteiger partial charge in [-0.3, -0.25) is 4.79 Å². The highest BCUT2D eigenvalue weighted by Crippen LogP contribution is 2.21. The van der Waals surface area contributed by atoms with Crippen molar-refractivity contribution in [2.24, 2.45) is 0 Å². The van der Waals surface area contributed by atoms with E-state index in [1.807, 2.05) is 24.3 Å². The van der Waals surface area contributed by atoms with E-state index in [0.717, 1.165) is 42.8 Å². The van der Waals surface area contributed by atoms with Crippen LogP contribution in [0.1, 0.15) is 19.3 Å². The summed E-state index contributed by atoms with van der Waals surface area (Å²) in [6.45, 7) is 0.919. The number of benzene rings is 1. The van der Waals surface area contributed by atoms with Gasteiger partial charge in [-0.1, -0.05) is 6.42 Å². The van der Waals surface area contributed by atoms with Crippen LogP contribution in [0.25, 0.3) is 11.3 Å². The number of hydrogen-bond acceptors (Lipinski definition) is 4. The Morgan fingerprint density at radius 1 is 1.29 bits per heavy atom. The summed E-state index contributed by atoms with van der Waals surface area (Å²) < 4.78 is 5.23. The molecule has 1 aromatic carbocycles. The summed E-state index contributed by atoms with van der Waals surface area (Å²) in [5.41, 5.74) is 1.74. The van der Waals surface area contributed by atoms with Gasteiger partial charge in [0.2, 0.25) is 5.91 Å². The lowest BCUT2D eigenvalue weighted by Gasteiger charge is -2.22. The average molecular weight is 308 g/mol. The summed E-state index contributed by atoms with van der Waals surface area (Å²) in [5.74, 6) is 0.758. The second kappa shape index (κ2) is 7.24. The lowest BCUT2D eigenvalue weighted by Crippen LogP contribution is -2.43. The van der Waals surface area contributed by atoms with Crippen LogP contribution < -0.4 is 10.6 Å². The van der Waals surface area contributed by atoms with E-state index in [0.29, 0.717) is 0 Å². The van der Waals surface area contributed by atoms with Crippen LogP contribution in [0, 0.1) is 0 Å². The predicted molar refractivity (Wildman–Crippen MR) is 83.5 cm³/mol. The van der Waals surface area contributed by atoms with Crippen molar-refractivity contribution in [2.75, 3.05) is 11.9 Å². The van der Waals surface area contributed by atoms with Crippen molar-refractivity contribution in [3.63, 3.8) is 0 Å². The number of nitrogens with zero attached hydrogens (tertiary/aromatic N) is 1. The molecule has 1 amide bonds. The quantitative estimate of drug-likeness (QED) is 0.915. The molecule has 0 unspecified atom stereocenters. The Bertz CT molecular complexity index is 563. The van der Waals surface area contributed by atoms with E-state index in [4.69, 9.17) is 4.42 Å². The minimum absolute atomic E-state index is 0. The van der Waals surface area contributed by atoms with Gasteiger partial charge < -0.3 is 15.1 Å². The number of hydrogen-bond donors (Lipinski definition) is 2. The summed E-state index contributed by atoms with van der Waals surface area (Å²) in [7, 11) is 0.